The Kier molecular flexibility index (Phi) is 3.74. The number of halogens is 2. The molecular formula is C13H15Cl2N3O. The van der Waals surface area contributed by atoms with Crippen LogP contribution in [0.1, 0.15) is 26.1 Å². The minimum Gasteiger partial charge on any atom is -0.370 e. The van der Waals surface area contributed by atoms with Crippen molar-refractivity contribution < 1.29 is 4.79 Å². The van der Waals surface area contributed by atoms with E-state index >= 15 is 0 Å². The number of carbonyl (C=O) groups excluding carboxylic acids is 1. The summed E-state index contributed by atoms with van der Waals surface area (Å²) in [5.74, 6) is 0.554. The smallest absolute Gasteiger partial charge is 0.219 e. The zero-order chi connectivity index (χ0) is 14.2. The van der Waals surface area contributed by atoms with Gasteiger partial charge >= 0.3 is 0 Å². The standard InChI is InChI=1S/C13H15Cl2N3O/c1-13(2,6-10(16)19)18-9-5-3-4-8(15)12(9)17-11(18)7-14/h3-5H,6-7H2,1-2H3,(H2,16,19). The van der Waals surface area contributed by atoms with Crippen molar-refractivity contribution >= 4 is 40.1 Å². The monoisotopic (exact) mass is 299 g/mol. The molecule has 1 amide bonds. The van der Waals surface area contributed by atoms with E-state index in [0.29, 0.717) is 16.4 Å². The summed E-state index contributed by atoms with van der Waals surface area (Å²) in [4.78, 5) is 15.7. The number of rotatable bonds is 4. The molecule has 102 valence electrons. The van der Waals surface area contributed by atoms with Gasteiger partial charge in [0, 0.05) is 12.0 Å². The second kappa shape index (κ2) is 5.02. The van der Waals surface area contributed by atoms with Gasteiger partial charge in [0.25, 0.3) is 0 Å². The molecule has 0 unspecified atom stereocenters. The van der Waals surface area contributed by atoms with Crippen LogP contribution in [-0.4, -0.2) is 15.5 Å². The summed E-state index contributed by atoms with van der Waals surface area (Å²) in [5, 5.41) is 0.567. The average Bonchev–Trinajstić information content (AvgIpc) is 2.68. The zero-order valence-corrected chi connectivity index (χ0v) is 12.3. The van der Waals surface area contributed by atoms with E-state index in [-0.39, 0.29) is 18.2 Å². The third-order valence-corrected chi connectivity index (χ3v) is 3.58. The van der Waals surface area contributed by atoms with Gasteiger partial charge in [-0.25, -0.2) is 4.98 Å². The van der Waals surface area contributed by atoms with E-state index in [0.717, 1.165) is 5.52 Å². The summed E-state index contributed by atoms with van der Waals surface area (Å²) in [7, 11) is 0. The minimum absolute atomic E-state index is 0.203. The molecule has 0 aliphatic rings. The van der Waals surface area contributed by atoms with Gasteiger partial charge in [-0.3, -0.25) is 4.79 Å². The third kappa shape index (κ3) is 2.55. The maximum atomic E-state index is 11.2. The van der Waals surface area contributed by atoms with Crippen molar-refractivity contribution in [3.8, 4) is 0 Å². The number of fused-ring (bicyclic) bond motifs is 1. The molecule has 1 heterocycles. The van der Waals surface area contributed by atoms with Gasteiger partial charge in [-0.1, -0.05) is 17.7 Å². The quantitative estimate of drug-likeness (QED) is 0.882. The number of nitrogens with two attached hydrogens (primary N) is 1. The largest absolute Gasteiger partial charge is 0.370 e. The second-order valence-corrected chi connectivity index (χ2v) is 5.73. The molecule has 0 spiro atoms. The molecule has 4 nitrogen and oxygen atoms in total. The van der Waals surface area contributed by atoms with Crippen molar-refractivity contribution in [1.29, 1.82) is 0 Å². The number of imidazole rings is 1. The lowest BCUT2D eigenvalue weighted by atomic mass is 9.99. The van der Waals surface area contributed by atoms with Crippen LogP contribution in [0.25, 0.3) is 11.0 Å². The van der Waals surface area contributed by atoms with Gasteiger partial charge in [0.1, 0.15) is 11.3 Å². The van der Waals surface area contributed by atoms with E-state index < -0.39 is 5.54 Å². The number of aromatic nitrogens is 2. The molecule has 1 aromatic carbocycles. The molecule has 0 aliphatic heterocycles. The van der Waals surface area contributed by atoms with Crippen LogP contribution in [0, 0.1) is 0 Å². The molecule has 0 atom stereocenters. The van der Waals surface area contributed by atoms with Gasteiger partial charge in [-0.05, 0) is 26.0 Å². The topological polar surface area (TPSA) is 60.9 Å². The Hall–Kier alpha value is -1.26. The molecule has 19 heavy (non-hydrogen) atoms. The molecular weight excluding hydrogens is 285 g/mol. The number of para-hydroxylation sites is 1. The number of carbonyl (C=O) groups is 1. The predicted octanol–water partition coefficient (Wildman–Crippen LogP) is 3.04. The lowest BCUT2D eigenvalue weighted by Gasteiger charge is -2.27. The molecule has 2 N–H and O–H groups in total. The van der Waals surface area contributed by atoms with Crippen LogP contribution in [-0.2, 0) is 16.2 Å². The first-order chi connectivity index (χ1) is 8.86. The van der Waals surface area contributed by atoms with Crippen molar-refractivity contribution in [2.45, 2.75) is 31.7 Å². The number of alkyl halides is 1. The van der Waals surface area contributed by atoms with E-state index in [4.69, 9.17) is 28.9 Å². The molecule has 0 fully saturated rings. The highest BCUT2D eigenvalue weighted by Crippen LogP contribution is 2.31. The Balaban J connectivity index is 2.70. The molecule has 0 aliphatic carbocycles. The van der Waals surface area contributed by atoms with E-state index in [1.807, 2.05) is 30.5 Å². The minimum atomic E-state index is -0.504. The Morgan fingerprint density at radius 1 is 1.47 bits per heavy atom. The molecule has 0 radical (unpaired) electrons. The zero-order valence-electron chi connectivity index (χ0n) is 10.8. The lowest BCUT2D eigenvalue weighted by molar-refractivity contribution is -0.119. The highest BCUT2D eigenvalue weighted by molar-refractivity contribution is 6.35. The first kappa shape index (κ1) is 14.2. The molecule has 2 rings (SSSR count). The summed E-state index contributed by atoms with van der Waals surface area (Å²) in [6.45, 7) is 3.85. The van der Waals surface area contributed by atoms with E-state index in [2.05, 4.69) is 4.98 Å². The summed E-state index contributed by atoms with van der Waals surface area (Å²) >= 11 is 12.1. The number of hydrogen-bond donors (Lipinski definition) is 1. The van der Waals surface area contributed by atoms with Gasteiger partial charge in [0.2, 0.25) is 5.91 Å². The Morgan fingerprint density at radius 2 is 2.16 bits per heavy atom. The number of primary amides is 1. The van der Waals surface area contributed by atoms with Gasteiger partial charge in [0.15, 0.2) is 0 Å². The average molecular weight is 300 g/mol. The van der Waals surface area contributed by atoms with Crippen LogP contribution in [0.2, 0.25) is 5.02 Å². The Labute approximate surface area is 121 Å². The highest BCUT2D eigenvalue weighted by Gasteiger charge is 2.28. The van der Waals surface area contributed by atoms with Crippen LogP contribution >= 0.6 is 23.2 Å². The SMILES string of the molecule is CC(C)(CC(N)=O)n1c(CCl)nc2c(Cl)cccc21. The molecule has 0 saturated heterocycles. The van der Waals surface area contributed by atoms with Crippen LogP contribution < -0.4 is 5.73 Å². The third-order valence-electron chi connectivity index (χ3n) is 3.04. The molecule has 6 heteroatoms. The first-order valence-electron chi connectivity index (χ1n) is 5.87. The highest BCUT2D eigenvalue weighted by atomic mass is 35.5. The summed E-state index contributed by atoms with van der Waals surface area (Å²) in [6.07, 6.45) is 0.203. The van der Waals surface area contributed by atoms with Crippen molar-refractivity contribution in [1.82, 2.24) is 9.55 Å². The summed E-state index contributed by atoms with van der Waals surface area (Å²) < 4.78 is 1.94. The summed E-state index contributed by atoms with van der Waals surface area (Å²) in [6, 6.07) is 5.54. The van der Waals surface area contributed by atoms with Crippen molar-refractivity contribution in [2.75, 3.05) is 0 Å². The van der Waals surface area contributed by atoms with Crippen LogP contribution in [0.15, 0.2) is 18.2 Å². The fourth-order valence-electron chi connectivity index (χ4n) is 2.38. The Bertz CT molecular complexity index is 634. The Morgan fingerprint density at radius 3 is 2.74 bits per heavy atom. The van der Waals surface area contributed by atoms with Crippen molar-refractivity contribution in [2.24, 2.45) is 5.73 Å². The van der Waals surface area contributed by atoms with Gasteiger partial charge in [0.05, 0.1) is 16.4 Å². The summed E-state index contributed by atoms with van der Waals surface area (Å²) in [5.41, 5.74) is 6.36. The van der Waals surface area contributed by atoms with Gasteiger partial charge in [-0.2, -0.15) is 0 Å². The van der Waals surface area contributed by atoms with Gasteiger partial charge < -0.3 is 10.3 Å². The maximum absolute atomic E-state index is 11.2. The number of benzene rings is 1. The second-order valence-electron chi connectivity index (χ2n) is 5.06. The fraction of sp³-hybridized carbons (Fsp3) is 0.385. The predicted molar refractivity (Wildman–Crippen MR) is 77.4 cm³/mol. The van der Waals surface area contributed by atoms with Crippen molar-refractivity contribution in [3.63, 3.8) is 0 Å². The van der Waals surface area contributed by atoms with E-state index in [1.165, 1.54) is 0 Å². The molecule has 1 aromatic heterocycles. The molecule has 0 bridgehead atoms. The maximum Gasteiger partial charge on any atom is 0.219 e. The van der Waals surface area contributed by atoms with Crippen LogP contribution in [0.5, 0.6) is 0 Å². The lowest BCUT2D eigenvalue weighted by Crippen LogP contribution is -2.33. The van der Waals surface area contributed by atoms with Crippen molar-refractivity contribution in [3.05, 3.63) is 29.0 Å². The van der Waals surface area contributed by atoms with Gasteiger partial charge in [-0.15, -0.1) is 11.6 Å². The normalized spacial score (nSPS) is 12.0. The molecule has 0 saturated carbocycles. The van der Waals surface area contributed by atoms with Crippen LogP contribution in [0.4, 0.5) is 0 Å². The first-order valence-corrected chi connectivity index (χ1v) is 6.78. The number of amides is 1. The van der Waals surface area contributed by atoms with E-state index in [1.54, 1.807) is 6.07 Å². The number of nitrogens with zero attached hydrogens (tertiary/aromatic N) is 2. The fourth-order valence-corrected chi connectivity index (χ4v) is 2.77. The number of hydrogen-bond acceptors (Lipinski definition) is 2. The van der Waals surface area contributed by atoms with Crippen LogP contribution in [0.3, 0.4) is 0 Å². The molecule has 2 aromatic rings. The van der Waals surface area contributed by atoms with E-state index in [9.17, 15) is 4.79 Å².